The van der Waals surface area contributed by atoms with Gasteiger partial charge in [0.25, 0.3) is 0 Å². The molecule has 2 aromatic carbocycles. The lowest BCUT2D eigenvalue weighted by Crippen LogP contribution is -2.48. The molecule has 4 heterocycles. The largest absolute Gasteiger partial charge is 0.493 e. The Kier molecular flexibility index (Phi) is 8.77. The summed E-state index contributed by atoms with van der Waals surface area (Å²) in [5.74, 6) is 2.64. The molecular formula is C35H42N6O3. The maximum absolute atomic E-state index is 13.6. The number of ether oxygens (including phenoxy) is 2. The van der Waals surface area contributed by atoms with Crippen LogP contribution in [0.4, 0.5) is 5.69 Å². The van der Waals surface area contributed by atoms with E-state index in [0.29, 0.717) is 24.4 Å². The van der Waals surface area contributed by atoms with E-state index in [1.165, 1.54) is 0 Å². The van der Waals surface area contributed by atoms with E-state index in [2.05, 4.69) is 45.3 Å². The molecule has 0 amide bonds. The summed E-state index contributed by atoms with van der Waals surface area (Å²) in [5, 5.41) is 11.7. The Labute approximate surface area is 259 Å². The predicted molar refractivity (Wildman–Crippen MR) is 171 cm³/mol. The molecule has 6 rings (SSSR count). The van der Waals surface area contributed by atoms with E-state index in [9.17, 15) is 4.79 Å². The van der Waals surface area contributed by atoms with Gasteiger partial charge in [-0.15, -0.1) is 0 Å². The number of hydrogen-bond donors (Lipinski definition) is 2. The van der Waals surface area contributed by atoms with Crippen LogP contribution in [-0.2, 0) is 10.3 Å². The number of nitrogens with one attached hydrogen (secondary N) is 2. The van der Waals surface area contributed by atoms with E-state index in [1.54, 1.807) is 19.5 Å². The molecule has 1 atom stereocenters. The van der Waals surface area contributed by atoms with Crippen molar-refractivity contribution in [1.29, 1.82) is 0 Å². The van der Waals surface area contributed by atoms with Crippen molar-refractivity contribution in [3.8, 4) is 17.1 Å². The lowest BCUT2D eigenvalue weighted by atomic mass is 9.85. The number of likely N-dealkylation sites (tertiary alicyclic amines) is 1. The first kappa shape index (κ1) is 30.0. The van der Waals surface area contributed by atoms with Gasteiger partial charge in [-0.3, -0.25) is 14.9 Å². The summed E-state index contributed by atoms with van der Waals surface area (Å²) in [6.45, 7) is 7.67. The number of rotatable bonds is 11. The third-order valence-corrected chi connectivity index (χ3v) is 9.25. The zero-order valence-corrected chi connectivity index (χ0v) is 25.9. The van der Waals surface area contributed by atoms with Crippen LogP contribution in [0.25, 0.3) is 11.4 Å². The SMILES string of the molecule is COC(C)(C)CCN1CCC(Nc2cccc(C(=O)C[C@H]3CCOc4ccccc43)c2)(c2nc(-c3ccncc3)n[nH]2)CC1. The Hall–Kier alpha value is -4.08. The van der Waals surface area contributed by atoms with Gasteiger partial charge in [-0.05, 0) is 81.3 Å². The Morgan fingerprint density at radius 2 is 1.91 bits per heavy atom. The second-order valence-electron chi connectivity index (χ2n) is 12.6. The molecule has 9 heteroatoms. The zero-order valence-electron chi connectivity index (χ0n) is 25.9. The Bertz CT molecular complexity index is 1560. The highest BCUT2D eigenvalue weighted by Gasteiger charge is 2.40. The molecule has 2 aromatic heterocycles. The number of fused-ring (bicyclic) bond motifs is 1. The van der Waals surface area contributed by atoms with Gasteiger partial charge in [0, 0.05) is 62.4 Å². The van der Waals surface area contributed by atoms with Crippen molar-refractivity contribution in [1.82, 2.24) is 25.1 Å². The van der Waals surface area contributed by atoms with Crippen LogP contribution in [0, 0.1) is 0 Å². The van der Waals surface area contributed by atoms with E-state index in [0.717, 1.165) is 73.7 Å². The van der Waals surface area contributed by atoms with Gasteiger partial charge in [0.05, 0.1) is 17.7 Å². The van der Waals surface area contributed by atoms with Crippen LogP contribution in [0.5, 0.6) is 5.75 Å². The van der Waals surface area contributed by atoms with Crippen molar-refractivity contribution in [2.45, 2.75) is 63.0 Å². The summed E-state index contributed by atoms with van der Waals surface area (Å²) >= 11 is 0. The summed E-state index contributed by atoms with van der Waals surface area (Å²) < 4.78 is 11.5. The second-order valence-corrected chi connectivity index (χ2v) is 12.6. The van der Waals surface area contributed by atoms with Gasteiger partial charge in [0.15, 0.2) is 17.4 Å². The van der Waals surface area contributed by atoms with Crippen LogP contribution in [0.3, 0.4) is 0 Å². The summed E-state index contributed by atoms with van der Waals surface area (Å²) in [6, 6.07) is 19.8. The van der Waals surface area contributed by atoms with E-state index in [-0.39, 0.29) is 17.3 Å². The molecular weight excluding hydrogens is 552 g/mol. The minimum Gasteiger partial charge on any atom is -0.493 e. The minimum absolute atomic E-state index is 0.139. The molecule has 2 aliphatic rings. The number of H-pyrrole nitrogens is 1. The maximum atomic E-state index is 13.6. The average molecular weight is 595 g/mol. The Morgan fingerprint density at radius 3 is 2.70 bits per heavy atom. The van der Waals surface area contributed by atoms with Crippen LogP contribution in [0.15, 0.2) is 73.1 Å². The van der Waals surface area contributed by atoms with Gasteiger partial charge >= 0.3 is 0 Å². The fraction of sp³-hybridized carbons (Fsp3) is 0.429. The molecule has 9 nitrogen and oxygen atoms in total. The molecule has 0 spiro atoms. The predicted octanol–water partition coefficient (Wildman–Crippen LogP) is 6.22. The van der Waals surface area contributed by atoms with E-state index in [1.807, 2.05) is 54.6 Å². The molecule has 230 valence electrons. The smallest absolute Gasteiger partial charge is 0.181 e. The van der Waals surface area contributed by atoms with Crippen molar-refractivity contribution >= 4 is 11.5 Å². The molecule has 0 saturated carbocycles. The molecule has 0 aliphatic carbocycles. The Balaban J connectivity index is 1.22. The van der Waals surface area contributed by atoms with Crippen molar-refractivity contribution in [3.63, 3.8) is 0 Å². The van der Waals surface area contributed by atoms with E-state index in [4.69, 9.17) is 14.5 Å². The molecule has 4 aromatic rings. The summed E-state index contributed by atoms with van der Waals surface area (Å²) in [5.41, 5.74) is 3.03. The number of aromatic nitrogens is 4. The molecule has 0 unspecified atom stereocenters. The zero-order chi connectivity index (χ0) is 30.6. The monoisotopic (exact) mass is 594 g/mol. The lowest BCUT2D eigenvalue weighted by Gasteiger charge is -2.42. The van der Waals surface area contributed by atoms with Gasteiger partial charge in [-0.2, -0.15) is 5.10 Å². The van der Waals surface area contributed by atoms with Gasteiger partial charge in [-0.25, -0.2) is 4.98 Å². The number of pyridine rings is 1. The Morgan fingerprint density at radius 1 is 1.11 bits per heavy atom. The van der Waals surface area contributed by atoms with Gasteiger partial charge in [-0.1, -0.05) is 30.3 Å². The fourth-order valence-electron chi connectivity index (χ4n) is 6.23. The quantitative estimate of drug-likeness (QED) is 0.197. The van der Waals surface area contributed by atoms with Crippen molar-refractivity contribution in [2.75, 3.05) is 38.7 Å². The summed E-state index contributed by atoms with van der Waals surface area (Å²) in [7, 11) is 1.77. The van der Waals surface area contributed by atoms with Crippen molar-refractivity contribution < 1.29 is 14.3 Å². The number of ketones is 1. The van der Waals surface area contributed by atoms with Crippen molar-refractivity contribution in [2.24, 2.45) is 0 Å². The number of benzene rings is 2. The highest BCUT2D eigenvalue weighted by atomic mass is 16.5. The highest BCUT2D eigenvalue weighted by Crippen LogP contribution is 2.38. The van der Waals surface area contributed by atoms with Crippen LogP contribution in [-0.4, -0.2) is 69.8 Å². The average Bonchev–Trinajstić information content (AvgIpc) is 3.57. The standard InChI is InChI=1S/C35H42N6O3/c1-34(2,43-3)14-19-41-20-15-35(16-21-41,33-37-32(39-40-33)25-11-17-36-18-12-25)38-28-8-6-7-27(23-28)30(42)24-26-13-22-44-31-10-5-4-9-29(26)31/h4-12,17-18,23,26,38H,13-16,19-22,24H2,1-3H3,(H,37,39,40)/t26-/m1/s1. The molecule has 1 saturated heterocycles. The van der Waals surface area contributed by atoms with Crippen LogP contribution in [0.2, 0.25) is 0 Å². The number of piperidine rings is 1. The highest BCUT2D eigenvalue weighted by molar-refractivity contribution is 5.97. The topological polar surface area (TPSA) is 105 Å². The third kappa shape index (κ3) is 6.69. The summed E-state index contributed by atoms with van der Waals surface area (Å²) in [6.07, 6.45) is 7.43. The maximum Gasteiger partial charge on any atom is 0.181 e. The van der Waals surface area contributed by atoms with Crippen LogP contribution >= 0.6 is 0 Å². The fourth-order valence-corrected chi connectivity index (χ4v) is 6.23. The first-order valence-corrected chi connectivity index (χ1v) is 15.6. The number of aromatic amines is 1. The number of carbonyl (C=O) groups excluding carboxylic acids is 1. The third-order valence-electron chi connectivity index (χ3n) is 9.25. The summed E-state index contributed by atoms with van der Waals surface area (Å²) in [4.78, 5) is 25.2. The van der Waals surface area contributed by atoms with Gasteiger partial charge in [0.2, 0.25) is 0 Å². The molecule has 0 radical (unpaired) electrons. The van der Waals surface area contributed by atoms with Crippen LogP contribution in [0.1, 0.15) is 73.6 Å². The molecule has 44 heavy (non-hydrogen) atoms. The number of nitrogens with zero attached hydrogens (tertiary/aromatic N) is 4. The number of methoxy groups -OCH3 is 1. The van der Waals surface area contributed by atoms with Crippen molar-refractivity contribution in [3.05, 3.63) is 90.0 Å². The van der Waals surface area contributed by atoms with Gasteiger partial charge in [0.1, 0.15) is 5.75 Å². The van der Waals surface area contributed by atoms with Crippen LogP contribution < -0.4 is 10.1 Å². The molecule has 2 aliphatic heterocycles. The van der Waals surface area contributed by atoms with E-state index >= 15 is 0 Å². The number of carbonyl (C=O) groups is 1. The number of para-hydroxylation sites is 1. The second kappa shape index (κ2) is 12.9. The number of anilines is 1. The number of hydrogen-bond acceptors (Lipinski definition) is 8. The molecule has 1 fully saturated rings. The minimum atomic E-state index is -0.465. The molecule has 0 bridgehead atoms. The van der Waals surface area contributed by atoms with Gasteiger partial charge < -0.3 is 19.7 Å². The first-order valence-electron chi connectivity index (χ1n) is 15.6. The molecule has 2 N–H and O–H groups in total. The lowest BCUT2D eigenvalue weighted by molar-refractivity contribution is 0.00441. The normalized spacial score (nSPS) is 18.3. The number of Topliss-reactive ketones (excluding diaryl/α,β-unsaturated/α-hetero) is 1. The first-order chi connectivity index (χ1) is 21.3. The van der Waals surface area contributed by atoms with E-state index < -0.39 is 5.54 Å².